The van der Waals surface area contributed by atoms with Crippen LogP contribution >= 0.6 is 0 Å². The van der Waals surface area contributed by atoms with Gasteiger partial charge >= 0.3 is 0 Å². The molecule has 1 heteroatoms. The second-order valence-electron chi connectivity index (χ2n) is 4.49. The molecule has 13 heavy (non-hydrogen) atoms. The fraction of sp³-hybridized carbons (Fsp3) is 1.00. The Hall–Kier alpha value is -0.0400. The normalized spacial score (nSPS) is 26.3. The lowest BCUT2D eigenvalue weighted by Crippen LogP contribution is -1.89. The van der Waals surface area contributed by atoms with Crippen molar-refractivity contribution in [2.75, 3.05) is 6.61 Å². The van der Waals surface area contributed by atoms with Crippen molar-refractivity contribution in [2.24, 2.45) is 11.8 Å². The second-order valence-corrected chi connectivity index (χ2v) is 4.49. The summed E-state index contributed by atoms with van der Waals surface area (Å²) in [6.45, 7) is 2.69. The van der Waals surface area contributed by atoms with E-state index < -0.39 is 0 Å². The van der Waals surface area contributed by atoms with E-state index in [4.69, 9.17) is 5.11 Å². The molecule has 0 aromatic heterocycles. The number of hydrogen-bond donors (Lipinski definition) is 1. The minimum absolute atomic E-state index is 0.431. The Morgan fingerprint density at radius 2 is 1.69 bits per heavy atom. The topological polar surface area (TPSA) is 20.2 Å². The summed E-state index contributed by atoms with van der Waals surface area (Å²) < 4.78 is 0. The van der Waals surface area contributed by atoms with E-state index in [1.807, 2.05) is 0 Å². The first-order chi connectivity index (χ1) is 6.38. The SMILES string of the molecule is CCCCCCCC[C@@H]1C[C@H]1CO. The number of aliphatic hydroxyl groups excluding tert-OH is 1. The highest BCUT2D eigenvalue weighted by Crippen LogP contribution is 2.41. The van der Waals surface area contributed by atoms with Gasteiger partial charge in [-0.1, -0.05) is 51.9 Å². The van der Waals surface area contributed by atoms with Crippen LogP contribution in [-0.4, -0.2) is 11.7 Å². The zero-order chi connectivity index (χ0) is 9.52. The average molecular weight is 184 g/mol. The molecule has 0 aromatic carbocycles. The molecular weight excluding hydrogens is 160 g/mol. The van der Waals surface area contributed by atoms with Gasteiger partial charge in [0.2, 0.25) is 0 Å². The quantitative estimate of drug-likeness (QED) is 0.573. The highest BCUT2D eigenvalue weighted by molar-refractivity contribution is 4.84. The molecule has 0 heterocycles. The smallest absolute Gasteiger partial charge is 0.0462 e. The zero-order valence-electron chi connectivity index (χ0n) is 8.97. The zero-order valence-corrected chi connectivity index (χ0v) is 8.97. The Morgan fingerprint density at radius 3 is 2.31 bits per heavy atom. The van der Waals surface area contributed by atoms with Gasteiger partial charge in [0.05, 0.1) is 0 Å². The van der Waals surface area contributed by atoms with Crippen molar-refractivity contribution in [2.45, 2.75) is 58.3 Å². The van der Waals surface area contributed by atoms with E-state index in [-0.39, 0.29) is 0 Å². The number of aliphatic hydroxyl groups is 1. The van der Waals surface area contributed by atoms with Crippen molar-refractivity contribution in [3.05, 3.63) is 0 Å². The third kappa shape index (κ3) is 4.66. The van der Waals surface area contributed by atoms with Crippen LogP contribution in [0, 0.1) is 11.8 Å². The van der Waals surface area contributed by atoms with Gasteiger partial charge in [-0.25, -0.2) is 0 Å². The molecule has 0 aliphatic heterocycles. The van der Waals surface area contributed by atoms with Crippen molar-refractivity contribution in [3.63, 3.8) is 0 Å². The molecule has 0 saturated heterocycles. The minimum atomic E-state index is 0.431. The predicted molar refractivity (Wildman–Crippen MR) is 56.7 cm³/mol. The second kappa shape index (κ2) is 6.42. The molecule has 0 radical (unpaired) electrons. The molecule has 1 nitrogen and oxygen atoms in total. The van der Waals surface area contributed by atoms with Crippen molar-refractivity contribution in [1.82, 2.24) is 0 Å². The standard InChI is InChI=1S/C12H24O/c1-2-3-4-5-6-7-8-11-9-12(11)10-13/h11-13H,2-10H2,1H3/t11-,12+/m1/s1. The van der Waals surface area contributed by atoms with Crippen LogP contribution in [0.4, 0.5) is 0 Å². The van der Waals surface area contributed by atoms with Crippen LogP contribution in [0.1, 0.15) is 58.3 Å². The lowest BCUT2D eigenvalue weighted by Gasteiger charge is -1.99. The van der Waals surface area contributed by atoms with E-state index in [2.05, 4.69) is 6.92 Å². The van der Waals surface area contributed by atoms with Gasteiger partial charge in [0.25, 0.3) is 0 Å². The maximum Gasteiger partial charge on any atom is 0.0462 e. The Morgan fingerprint density at radius 1 is 1.00 bits per heavy atom. The molecule has 1 fully saturated rings. The van der Waals surface area contributed by atoms with Crippen LogP contribution in [-0.2, 0) is 0 Å². The van der Waals surface area contributed by atoms with Crippen LogP contribution in [0.15, 0.2) is 0 Å². The average Bonchev–Trinajstić information content (AvgIpc) is 2.90. The van der Waals surface area contributed by atoms with Crippen LogP contribution in [0.25, 0.3) is 0 Å². The lowest BCUT2D eigenvalue weighted by molar-refractivity contribution is 0.267. The molecule has 1 N–H and O–H groups in total. The predicted octanol–water partition coefficient (Wildman–Crippen LogP) is 3.37. The van der Waals surface area contributed by atoms with Crippen LogP contribution in [0.5, 0.6) is 0 Å². The van der Waals surface area contributed by atoms with E-state index in [1.165, 1.54) is 51.4 Å². The minimum Gasteiger partial charge on any atom is -0.396 e. The summed E-state index contributed by atoms with van der Waals surface area (Å²) in [4.78, 5) is 0. The van der Waals surface area contributed by atoms with E-state index in [0.717, 1.165) is 5.92 Å². The molecule has 2 atom stereocenters. The molecular formula is C12H24O. The summed E-state index contributed by atoms with van der Waals surface area (Å²) in [5.74, 6) is 1.56. The fourth-order valence-corrected chi connectivity index (χ4v) is 2.07. The van der Waals surface area contributed by atoms with Gasteiger partial charge in [-0.3, -0.25) is 0 Å². The molecule has 0 unspecified atom stereocenters. The van der Waals surface area contributed by atoms with E-state index >= 15 is 0 Å². The summed E-state index contributed by atoms with van der Waals surface area (Å²) in [5, 5.41) is 8.85. The third-order valence-electron chi connectivity index (χ3n) is 3.23. The Labute approximate surface area is 82.5 Å². The molecule has 0 spiro atoms. The first-order valence-electron chi connectivity index (χ1n) is 5.99. The Balaban J connectivity index is 1.75. The van der Waals surface area contributed by atoms with Crippen LogP contribution in [0.3, 0.4) is 0 Å². The summed E-state index contributed by atoms with van der Waals surface area (Å²) in [6, 6.07) is 0. The highest BCUT2D eigenvalue weighted by atomic mass is 16.3. The van der Waals surface area contributed by atoms with Gasteiger partial charge in [0.15, 0.2) is 0 Å². The molecule has 1 rings (SSSR count). The number of rotatable bonds is 8. The Bertz CT molecular complexity index is 122. The highest BCUT2D eigenvalue weighted by Gasteiger charge is 2.34. The van der Waals surface area contributed by atoms with Crippen LogP contribution in [0.2, 0.25) is 0 Å². The first-order valence-corrected chi connectivity index (χ1v) is 5.99. The summed E-state index contributed by atoms with van der Waals surface area (Å²) in [6.07, 6.45) is 11.1. The summed E-state index contributed by atoms with van der Waals surface area (Å²) >= 11 is 0. The molecule has 0 amide bonds. The summed E-state index contributed by atoms with van der Waals surface area (Å²) in [5.41, 5.74) is 0. The van der Waals surface area contributed by atoms with Crippen molar-refractivity contribution >= 4 is 0 Å². The molecule has 1 aliphatic rings. The maximum absolute atomic E-state index is 8.85. The van der Waals surface area contributed by atoms with Gasteiger partial charge in [-0.15, -0.1) is 0 Å². The van der Waals surface area contributed by atoms with Gasteiger partial charge in [0.1, 0.15) is 0 Å². The van der Waals surface area contributed by atoms with Crippen molar-refractivity contribution in [1.29, 1.82) is 0 Å². The van der Waals surface area contributed by atoms with E-state index in [9.17, 15) is 0 Å². The van der Waals surface area contributed by atoms with Gasteiger partial charge in [-0.05, 0) is 18.3 Å². The first kappa shape index (κ1) is 11.0. The molecule has 1 aliphatic carbocycles. The van der Waals surface area contributed by atoms with Gasteiger partial charge in [-0.2, -0.15) is 0 Å². The summed E-state index contributed by atoms with van der Waals surface area (Å²) in [7, 11) is 0. The maximum atomic E-state index is 8.85. The monoisotopic (exact) mass is 184 g/mol. The number of unbranched alkanes of at least 4 members (excludes halogenated alkanes) is 5. The molecule has 0 aromatic rings. The van der Waals surface area contributed by atoms with Gasteiger partial charge < -0.3 is 5.11 Å². The van der Waals surface area contributed by atoms with Crippen molar-refractivity contribution in [3.8, 4) is 0 Å². The molecule has 1 saturated carbocycles. The van der Waals surface area contributed by atoms with E-state index in [0.29, 0.717) is 12.5 Å². The molecule has 78 valence electrons. The van der Waals surface area contributed by atoms with Crippen molar-refractivity contribution < 1.29 is 5.11 Å². The van der Waals surface area contributed by atoms with Crippen LogP contribution < -0.4 is 0 Å². The largest absolute Gasteiger partial charge is 0.396 e. The van der Waals surface area contributed by atoms with E-state index in [1.54, 1.807) is 0 Å². The van der Waals surface area contributed by atoms with Gasteiger partial charge in [0, 0.05) is 6.61 Å². The fourth-order valence-electron chi connectivity index (χ4n) is 2.07. The molecule has 0 bridgehead atoms. The number of hydrogen-bond acceptors (Lipinski definition) is 1. The lowest BCUT2D eigenvalue weighted by atomic mass is 10.1. The Kier molecular flexibility index (Phi) is 5.45. The third-order valence-corrected chi connectivity index (χ3v) is 3.23.